The van der Waals surface area contributed by atoms with E-state index in [9.17, 15) is 52.8 Å². The first kappa shape index (κ1) is 99.6. The summed E-state index contributed by atoms with van der Waals surface area (Å²) < 4.78 is 117. The summed E-state index contributed by atoms with van der Waals surface area (Å²) in [6, 6.07) is 61.5. The Morgan fingerprint density at radius 3 is 1.61 bits per heavy atom. The van der Waals surface area contributed by atoms with E-state index in [4.69, 9.17) is 16.9 Å². The van der Waals surface area contributed by atoms with Crippen molar-refractivity contribution < 1.29 is 61.4 Å². The number of nitrogens with zero attached hydrogens (tertiary/aromatic N) is 17. The highest BCUT2D eigenvalue weighted by Crippen LogP contribution is 2.36. The maximum Gasteiger partial charge on any atom is 0.263 e. The molecule has 0 saturated carbocycles. The molecule has 4 fully saturated rings. The number of piperazine rings is 3. The Labute approximate surface area is 850 Å². The van der Waals surface area contributed by atoms with Gasteiger partial charge in [0.05, 0.1) is 37.3 Å². The van der Waals surface area contributed by atoms with Crippen LogP contribution in [0.25, 0.3) is 32.7 Å². The van der Waals surface area contributed by atoms with Crippen LogP contribution in [0.3, 0.4) is 0 Å². The molecule has 4 atom stereocenters. The molecular weight excluding hydrogens is 1960 g/mol. The molecule has 0 bridgehead atoms. The number of nitrogens with one attached hydrogen (secondary N) is 5. The number of nitriles is 1. The first-order valence-electron chi connectivity index (χ1n) is 46.1. The number of hydrogen-bond donors (Lipinski definition) is 5. The van der Waals surface area contributed by atoms with Gasteiger partial charge in [0.15, 0.2) is 15.4 Å². The van der Waals surface area contributed by atoms with E-state index in [1.807, 2.05) is 149 Å². The fraction of sp³-hybridized carbons (Fsp3) is 0.280. The Morgan fingerprint density at radius 1 is 0.493 bits per heavy atom. The zero-order valence-electron chi connectivity index (χ0n) is 78.5. The second-order valence-corrected chi connectivity index (χ2v) is 44.8. The van der Waals surface area contributed by atoms with Crippen molar-refractivity contribution in [2.45, 2.75) is 111 Å². The van der Waals surface area contributed by atoms with E-state index in [0.717, 1.165) is 85.9 Å². The maximum atomic E-state index is 13.5. The molecule has 5 N–H and O–H groups in total. The molecule has 42 heteroatoms. The SMILES string of the molecule is CC1CN(c2ccc(S(=O)(=O)Nc3nccs3)cc2)CCN1C(=O)Cn1ccc2cc(C#N)ccc21.C[C@@H](C(=O)N1CCN(c2cccc(S(=O)(=O)Nc3nccs3)c2)CC1)N1CCCc2cc(Cl)ccc21.C[C@@H](C(=O)NC1CN(c2ccc(S(=O)(=O)Nc3nccs3)cc2)C1)n1ccc2ccccc21.Cc1c(C)n(C(C)C(=O)N2CCN(c3ccc(S(=O)(=O)Nc4ccncn4)cc3)CC2)c2ccccc12.[HH].[HH].[HH].[HH].[HH].[HH]. The van der Waals surface area contributed by atoms with Crippen LogP contribution in [0.5, 0.6) is 0 Å². The fourth-order valence-corrected chi connectivity index (χ4v) is 24.9. The van der Waals surface area contributed by atoms with Gasteiger partial charge in [0.25, 0.3) is 40.1 Å². The normalized spacial score (nSPS) is 15.9. The number of rotatable bonds is 25. The van der Waals surface area contributed by atoms with Crippen LogP contribution in [0.2, 0.25) is 5.02 Å². The average Bonchev–Trinajstić information content (AvgIpc) is 1.61. The molecule has 5 aliphatic rings. The third-order valence-corrected chi connectivity index (χ3v) is 34.1. The molecule has 4 amide bonds. The molecule has 748 valence electrons. The number of thiazole rings is 3. The highest BCUT2D eigenvalue weighted by Gasteiger charge is 2.36. The van der Waals surface area contributed by atoms with E-state index in [-0.39, 0.29) is 94.3 Å². The number of anilines is 9. The molecule has 0 spiro atoms. The minimum Gasteiger partial charge on any atom is -0.368 e. The van der Waals surface area contributed by atoms with Gasteiger partial charge in [-0.2, -0.15) is 5.26 Å². The van der Waals surface area contributed by atoms with Crippen molar-refractivity contribution in [3.8, 4) is 6.07 Å². The van der Waals surface area contributed by atoms with Crippen molar-refractivity contribution >= 4 is 192 Å². The summed E-state index contributed by atoms with van der Waals surface area (Å²) in [6.45, 7) is 21.3. The molecule has 34 nitrogen and oxygen atoms in total. The molecule has 142 heavy (non-hydrogen) atoms. The van der Waals surface area contributed by atoms with Crippen LogP contribution in [0.15, 0.2) is 279 Å². The van der Waals surface area contributed by atoms with Crippen molar-refractivity contribution in [3.05, 3.63) is 287 Å². The lowest BCUT2D eigenvalue weighted by molar-refractivity contribution is -0.135. The lowest BCUT2D eigenvalue weighted by atomic mass is 10.00. The summed E-state index contributed by atoms with van der Waals surface area (Å²) in [6.07, 6.45) is 13.2. The van der Waals surface area contributed by atoms with Crippen LogP contribution in [0.1, 0.15) is 77.1 Å². The van der Waals surface area contributed by atoms with Gasteiger partial charge in [-0.15, -0.1) is 34.0 Å². The van der Waals surface area contributed by atoms with Gasteiger partial charge >= 0.3 is 0 Å². The molecule has 20 rings (SSSR count). The molecule has 15 aromatic rings. The van der Waals surface area contributed by atoms with Crippen LogP contribution in [0.4, 0.5) is 49.6 Å². The number of sulfonamides is 4. The van der Waals surface area contributed by atoms with Gasteiger partial charge in [0, 0.05) is 226 Å². The number of carbonyl (C=O) groups excluding carboxylic acids is 4. The first-order valence-corrected chi connectivity index (χ1v) is 55.1. The third kappa shape index (κ3) is 22.8. The number of amides is 4. The zero-order chi connectivity index (χ0) is 99.7. The quantitative estimate of drug-likeness (QED) is 0.0355. The molecule has 2 unspecified atom stereocenters. The summed E-state index contributed by atoms with van der Waals surface area (Å²) in [4.78, 5) is 89.6. The number of fused-ring (bicyclic) bond motifs is 4. The van der Waals surface area contributed by atoms with Crippen LogP contribution in [-0.2, 0) is 72.2 Å². The van der Waals surface area contributed by atoms with Crippen molar-refractivity contribution in [1.29, 1.82) is 5.26 Å². The van der Waals surface area contributed by atoms with Crippen molar-refractivity contribution in [2.24, 2.45) is 0 Å². The number of halogens is 1. The molecule has 8 aromatic carbocycles. The number of hydrogen-bond acceptors (Lipinski definition) is 26. The highest BCUT2D eigenvalue weighted by molar-refractivity contribution is 7.93. The largest absolute Gasteiger partial charge is 0.368 e. The predicted molar refractivity (Wildman–Crippen MR) is 571 cm³/mol. The molecule has 7 aromatic heterocycles. The minimum atomic E-state index is -3.75. The number of carbonyl (C=O) groups is 4. The summed E-state index contributed by atoms with van der Waals surface area (Å²) in [5, 5.41) is 22.3. The topological polar surface area (TPSA) is 394 Å². The van der Waals surface area contributed by atoms with Crippen LogP contribution in [0, 0.1) is 25.2 Å². The third-order valence-electron chi connectivity index (χ3n) is 26.0. The number of aromatic nitrogens is 8. The smallest absolute Gasteiger partial charge is 0.263 e. The zero-order valence-corrected chi connectivity index (χ0v) is 84.9. The molecule has 5 aliphatic heterocycles. The van der Waals surface area contributed by atoms with Crippen molar-refractivity contribution in [1.82, 2.24) is 58.6 Å². The van der Waals surface area contributed by atoms with E-state index >= 15 is 0 Å². The van der Waals surface area contributed by atoms with Crippen molar-refractivity contribution in [2.75, 3.05) is 135 Å². The van der Waals surface area contributed by atoms with Gasteiger partial charge in [0.2, 0.25) is 23.6 Å². The van der Waals surface area contributed by atoms with Gasteiger partial charge < -0.3 is 58.2 Å². The Morgan fingerprint density at radius 2 is 1.04 bits per heavy atom. The fourth-order valence-electron chi connectivity index (χ4n) is 18.3. The van der Waals surface area contributed by atoms with Gasteiger partial charge in [-0.3, -0.25) is 38.1 Å². The number of aryl methyl sites for hydroxylation is 2. The Balaban J connectivity index is 0.000000185. The molecule has 0 radical (unpaired) electrons. The van der Waals surface area contributed by atoms with Gasteiger partial charge in [0.1, 0.15) is 36.8 Å². The summed E-state index contributed by atoms with van der Waals surface area (Å²) in [7, 11) is -14.8. The van der Waals surface area contributed by atoms with Crippen LogP contribution < -0.4 is 48.7 Å². The monoisotopic (exact) mass is 2080 g/mol. The van der Waals surface area contributed by atoms with Gasteiger partial charge in [-0.05, 0) is 229 Å². The molecule has 12 heterocycles. The summed E-state index contributed by atoms with van der Waals surface area (Å²) in [5.74, 6) is 0.462. The maximum absolute atomic E-state index is 13.5. The summed E-state index contributed by atoms with van der Waals surface area (Å²) in [5.41, 5.74) is 11.8. The first-order chi connectivity index (χ1) is 68.3. The van der Waals surface area contributed by atoms with E-state index < -0.39 is 40.1 Å². The predicted octanol–water partition coefficient (Wildman–Crippen LogP) is 16.3. The second kappa shape index (κ2) is 43.2. The minimum absolute atomic E-state index is 0. The highest BCUT2D eigenvalue weighted by atomic mass is 35.5. The number of benzene rings is 8. The Hall–Kier alpha value is -14.0. The number of para-hydroxylation sites is 2. The van der Waals surface area contributed by atoms with E-state index in [1.165, 1.54) is 69.1 Å². The van der Waals surface area contributed by atoms with E-state index in [2.05, 4.69) is 110 Å². The van der Waals surface area contributed by atoms with Crippen LogP contribution >= 0.6 is 45.6 Å². The molecular formula is C100H117ClN22O12S7. The Kier molecular flexibility index (Phi) is 30.3. The Bertz CT molecular complexity index is 7610. The van der Waals surface area contributed by atoms with Crippen LogP contribution in [-0.4, -0.2) is 220 Å². The lowest BCUT2D eigenvalue weighted by Gasteiger charge is -2.41. The van der Waals surface area contributed by atoms with Gasteiger partial charge in [-0.25, -0.2) is 58.6 Å². The molecule has 4 saturated heterocycles. The standard InChI is InChI=1S/C27H30N6O3S.C25H28ClN5O3S2.C25H24N6O3S2.C23H23N5O3S2.6H2/c1-19-20(2)33(25-7-5-4-6-24(19)25)21(3)27(34)32-16-14-31(15-17-32)22-8-10-23(11-9-22)37(35,36)30-26-12-13-28-18-29-26;1-18(31-10-3-4-19-16-20(26)7-8-23(19)31)24(32)30-13-11-29(12-14-30)21-5-2-6-22(17-21)36(33,34)28-25-27-9-15-35-25;1-18-16-29(21-3-5-22(6-4-21)36(33,34)28-25-27-9-13-35-25)11-12-31(18)24(32)17-30-10-8-20-14-19(15-26)2-7-23(20)30;1-16(28-12-10-17-4-2-3-5-21(17)28)22(29)25-18-14-27(15-18)19-6-8-20(9-7-19)33(30,31)26-23-24-11-13-32-23;;;;;;/h4-13,18,21H,14-17H2,1-3H3,(H,28,29,30);2,5-9,15-18H,3-4,10-14H2,1H3,(H,27,28);2-10,13-14,18H,11-12,16-17H2,1H3,(H,27,28);2-13,16,18H,14-15H2,1H3,(H,24,26)(H,25,29);6*1H/t;18-;;16-;;;;;;/m.0.0....../s1. The van der Waals surface area contributed by atoms with Crippen molar-refractivity contribution in [3.63, 3.8) is 0 Å². The lowest BCUT2D eigenvalue weighted by Crippen LogP contribution is -2.60. The average molecular weight is 2080 g/mol. The summed E-state index contributed by atoms with van der Waals surface area (Å²) >= 11 is 9.86. The van der Waals surface area contributed by atoms with E-state index in [0.29, 0.717) is 106 Å². The molecule has 0 aliphatic carbocycles. The van der Waals surface area contributed by atoms with Gasteiger partial charge in [-0.1, -0.05) is 54.1 Å². The van der Waals surface area contributed by atoms with E-state index in [1.54, 1.807) is 132 Å². The second-order valence-electron chi connectivity index (χ2n) is 34.9.